The summed E-state index contributed by atoms with van der Waals surface area (Å²) in [6, 6.07) is 11.8. The number of carbonyl (C=O) groups is 2. The van der Waals surface area contributed by atoms with Gasteiger partial charge in [0.15, 0.2) is 0 Å². The lowest BCUT2D eigenvalue weighted by molar-refractivity contribution is -0.119. The summed E-state index contributed by atoms with van der Waals surface area (Å²) in [5, 5.41) is 1.64. The SMILES string of the molecule is COC(=O)N(C)CC(=O)NS(=O)(=O)c1ccc2ccccc2c1. The molecular formula is C15H16N2O5S. The molecule has 7 nitrogen and oxygen atoms in total. The van der Waals surface area contributed by atoms with Crippen LogP contribution in [0.2, 0.25) is 0 Å². The van der Waals surface area contributed by atoms with Gasteiger partial charge in [-0.25, -0.2) is 17.9 Å². The number of sulfonamides is 1. The second-order valence-electron chi connectivity index (χ2n) is 4.86. The summed E-state index contributed by atoms with van der Waals surface area (Å²) in [4.78, 5) is 23.9. The summed E-state index contributed by atoms with van der Waals surface area (Å²) in [7, 11) is -1.51. The van der Waals surface area contributed by atoms with Gasteiger partial charge in [0.05, 0.1) is 12.0 Å². The Hall–Kier alpha value is -2.61. The number of fused-ring (bicyclic) bond motifs is 1. The van der Waals surface area contributed by atoms with Crippen LogP contribution in [-0.4, -0.2) is 46.0 Å². The monoisotopic (exact) mass is 336 g/mol. The summed E-state index contributed by atoms with van der Waals surface area (Å²) < 4.78 is 30.8. The number of rotatable bonds is 4. The van der Waals surface area contributed by atoms with Crippen molar-refractivity contribution in [1.82, 2.24) is 9.62 Å². The summed E-state index contributed by atoms with van der Waals surface area (Å²) >= 11 is 0. The number of hydrogen-bond donors (Lipinski definition) is 1. The fraction of sp³-hybridized carbons (Fsp3) is 0.200. The Balaban J connectivity index is 2.17. The molecule has 2 rings (SSSR count). The van der Waals surface area contributed by atoms with Gasteiger partial charge in [-0.1, -0.05) is 30.3 Å². The van der Waals surface area contributed by atoms with Crippen LogP contribution in [-0.2, 0) is 19.6 Å². The molecule has 0 atom stereocenters. The molecule has 1 N–H and O–H groups in total. The fourth-order valence-electron chi connectivity index (χ4n) is 2.01. The Morgan fingerprint density at radius 1 is 1.13 bits per heavy atom. The highest BCUT2D eigenvalue weighted by Crippen LogP contribution is 2.18. The quantitative estimate of drug-likeness (QED) is 0.909. The Morgan fingerprint density at radius 3 is 2.43 bits per heavy atom. The van der Waals surface area contributed by atoms with Gasteiger partial charge in [0.1, 0.15) is 6.54 Å². The third-order valence-corrected chi connectivity index (χ3v) is 4.52. The van der Waals surface area contributed by atoms with E-state index in [2.05, 4.69) is 4.74 Å². The number of amides is 2. The molecule has 0 bridgehead atoms. The number of methoxy groups -OCH3 is 1. The van der Waals surface area contributed by atoms with Crippen molar-refractivity contribution < 1.29 is 22.7 Å². The Morgan fingerprint density at radius 2 is 1.78 bits per heavy atom. The zero-order valence-corrected chi connectivity index (χ0v) is 13.5. The van der Waals surface area contributed by atoms with Crippen LogP contribution in [0.4, 0.5) is 4.79 Å². The second-order valence-corrected chi connectivity index (χ2v) is 6.55. The number of nitrogens with one attached hydrogen (secondary N) is 1. The molecule has 2 aromatic rings. The first-order valence-corrected chi connectivity index (χ1v) is 8.15. The lowest BCUT2D eigenvalue weighted by atomic mass is 10.1. The van der Waals surface area contributed by atoms with Crippen molar-refractivity contribution in [3.05, 3.63) is 42.5 Å². The van der Waals surface area contributed by atoms with Crippen molar-refractivity contribution in [2.75, 3.05) is 20.7 Å². The molecule has 0 spiro atoms. The number of likely N-dealkylation sites (N-methyl/N-ethyl adjacent to an activating group) is 1. The molecule has 8 heteroatoms. The van der Waals surface area contributed by atoms with Gasteiger partial charge in [-0.05, 0) is 22.9 Å². The second kappa shape index (κ2) is 6.66. The van der Waals surface area contributed by atoms with Crippen molar-refractivity contribution in [3.8, 4) is 0 Å². The van der Waals surface area contributed by atoms with Crippen molar-refractivity contribution >= 4 is 32.8 Å². The van der Waals surface area contributed by atoms with Crippen LogP contribution < -0.4 is 4.72 Å². The van der Waals surface area contributed by atoms with Gasteiger partial charge in [-0.2, -0.15) is 0 Å². The molecule has 0 saturated carbocycles. The first-order valence-electron chi connectivity index (χ1n) is 6.67. The van der Waals surface area contributed by atoms with Gasteiger partial charge in [-0.15, -0.1) is 0 Å². The summed E-state index contributed by atoms with van der Waals surface area (Å²) in [5.74, 6) is -0.828. The molecule has 0 fully saturated rings. The van der Waals surface area contributed by atoms with E-state index >= 15 is 0 Å². The molecule has 0 unspecified atom stereocenters. The minimum atomic E-state index is -4.01. The fourth-order valence-corrected chi connectivity index (χ4v) is 3.02. The number of ether oxygens (including phenoxy) is 1. The smallest absolute Gasteiger partial charge is 0.409 e. The van der Waals surface area contributed by atoms with Gasteiger partial charge in [0.2, 0.25) is 0 Å². The van der Waals surface area contributed by atoms with E-state index in [1.807, 2.05) is 16.9 Å². The summed E-state index contributed by atoms with van der Waals surface area (Å²) in [6.45, 7) is -0.431. The molecule has 0 aliphatic heterocycles. The molecule has 0 heterocycles. The number of nitrogens with zero attached hydrogens (tertiary/aromatic N) is 1. The highest BCUT2D eigenvalue weighted by molar-refractivity contribution is 7.90. The zero-order valence-electron chi connectivity index (χ0n) is 12.6. The van der Waals surface area contributed by atoms with Crippen LogP contribution in [0, 0.1) is 0 Å². The van der Waals surface area contributed by atoms with E-state index in [0.29, 0.717) is 0 Å². The van der Waals surface area contributed by atoms with E-state index in [-0.39, 0.29) is 4.90 Å². The Kier molecular flexibility index (Phi) is 4.85. The predicted molar refractivity (Wildman–Crippen MR) is 84.3 cm³/mol. The van der Waals surface area contributed by atoms with Crippen LogP contribution in [0.15, 0.2) is 47.4 Å². The molecular weight excluding hydrogens is 320 g/mol. The molecule has 23 heavy (non-hydrogen) atoms. The third-order valence-electron chi connectivity index (χ3n) is 3.15. The predicted octanol–water partition coefficient (Wildman–Crippen LogP) is 1.34. The summed E-state index contributed by atoms with van der Waals surface area (Å²) in [6.07, 6.45) is -0.733. The van der Waals surface area contributed by atoms with E-state index in [4.69, 9.17) is 0 Å². The first-order chi connectivity index (χ1) is 10.8. The topological polar surface area (TPSA) is 92.8 Å². The van der Waals surface area contributed by atoms with Crippen molar-refractivity contribution in [3.63, 3.8) is 0 Å². The molecule has 0 aliphatic rings. The zero-order chi connectivity index (χ0) is 17.0. The molecule has 2 aromatic carbocycles. The highest BCUT2D eigenvalue weighted by atomic mass is 32.2. The molecule has 2 amide bonds. The molecule has 0 aromatic heterocycles. The number of hydrogen-bond acceptors (Lipinski definition) is 5. The van der Waals surface area contributed by atoms with Crippen LogP contribution in [0.5, 0.6) is 0 Å². The van der Waals surface area contributed by atoms with Gasteiger partial charge < -0.3 is 9.64 Å². The minimum Gasteiger partial charge on any atom is -0.453 e. The van der Waals surface area contributed by atoms with E-state index < -0.39 is 28.6 Å². The Labute approximate surface area is 133 Å². The highest BCUT2D eigenvalue weighted by Gasteiger charge is 2.20. The van der Waals surface area contributed by atoms with Crippen molar-refractivity contribution in [2.45, 2.75) is 4.90 Å². The number of benzene rings is 2. The summed E-state index contributed by atoms with van der Waals surface area (Å²) in [5.41, 5.74) is 0. The van der Waals surface area contributed by atoms with Gasteiger partial charge in [-0.3, -0.25) is 4.79 Å². The van der Waals surface area contributed by atoms with E-state index in [1.54, 1.807) is 18.2 Å². The lowest BCUT2D eigenvalue weighted by Gasteiger charge is -2.15. The molecule has 0 radical (unpaired) electrons. The minimum absolute atomic E-state index is 0.0229. The first kappa shape index (κ1) is 16.8. The van der Waals surface area contributed by atoms with Crippen LogP contribution >= 0.6 is 0 Å². The lowest BCUT2D eigenvalue weighted by Crippen LogP contribution is -2.40. The molecule has 122 valence electrons. The maximum atomic E-state index is 12.2. The van der Waals surface area contributed by atoms with E-state index in [0.717, 1.165) is 15.7 Å². The van der Waals surface area contributed by atoms with Gasteiger partial charge >= 0.3 is 6.09 Å². The largest absolute Gasteiger partial charge is 0.453 e. The number of carbonyl (C=O) groups excluding carboxylic acids is 2. The van der Waals surface area contributed by atoms with Crippen molar-refractivity contribution in [1.29, 1.82) is 0 Å². The van der Waals surface area contributed by atoms with Crippen LogP contribution in [0.3, 0.4) is 0 Å². The van der Waals surface area contributed by atoms with E-state index in [1.165, 1.54) is 26.3 Å². The third kappa shape index (κ3) is 3.98. The van der Waals surface area contributed by atoms with Crippen LogP contribution in [0.1, 0.15) is 0 Å². The maximum absolute atomic E-state index is 12.2. The van der Waals surface area contributed by atoms with Gasteiger partial charge in [0, 0.05) is 7.05 Å². The van der Waals surface area contributed by atoms with Gasteiger partial charge in [0.25, 0.3) is 15.9 Å². The normalized spacial score (nSPS) is 11.0. The molecule has 0 aliphatic carbocycles. The maximum Gasteiger partial charge on any atom is 0.409 e. The van der Waals surface area contributed by atoms with Crippen LogP contribution in [0.25, 0.3) is 10.8 Å². The average Bonchev–Trinajstić information content (AvgIpc) is 2.52. The molecule has 0 saturated heterocycles. The van der Waals surface area contributed by atoms with Crippen molar-refractivity contribution in [2.24, 2.45) is 0 Å². The standard InChI is InChI=1S/C15H16N2O5S/c1-17(15(19)22-2)10-14(18)16-23(20,21)13-8-7-11-5-3-4-6-12(11)9-13/h3-9H,10H2,1-2H3,(H,16,18). The van der Waals surface area contributed by atoms with E-state index in [9.17, 15) is 18.0 Å². The average molecular weight is 336 g/mol. The Bertz CT molecular complexity index is 848.